The number of nitrogens with zero attached hydrogens (tertiary/aromatic N) is 5. The van der Waals surface area contributed by atoms with Gasteiger partial charge >= 0.3 is 5.69 Å². The molecule has 0 aliphatic carbocycles. The van der Waals surface area contributed by atoms with Crippen LogP contribution in [0.1, 0.15) is 37.9 Å². The molecule has 3 heterocycles. The number of benzene rings is 1. The van der Waals surface area contributed by atoms with Crippen LogP contribution < -0.4 is 11.2 Å². The summed E-state index contributed by atoms with van der Waals surface area (Å²) in [4.78, 5) is 39.2. The van der Waals surface area contributed by atoms with Gasteiger partial charge < -0.3 is 4.42 Å². The zero-order valence-corrected chi connectivity index (χ0v) is 19.8. The number of aromatic nitrogens is 5. The van der Waals surface area contributed by atoms with Gasteiger partial charge in [0.05, 0.1) is 5.69 Å². The fourth-order valence-corrected chi connectivity index (χ4v) is 4.10. The van der Waals surface area contributed by atoms with Gasteiger partial charge in [-0.15, -0.1) is 0 Å². The van der Waals surface area contributed by atoms with Gasteiger partial charge in [-0.1, -0.05) is 50.2 Å². The first kappa shape index (κ1) is 22.0. The highest BCUT2D eigenvalue weighted by Crippen LogP contribution is 2.29. The first-order valence-electron chi connectivity index (χ1n) is 10.2. The summed E-state index contributed by atoms with van der Waals surface area (Å²) in [5, 5.41) is 0.853. The van der Waals surface area contributed by atoms with E-state index in [1.165, 1.54) is 23.4 Å². The van der Waals surface area contributed by atoms with E-state index in [0.29, 0.717) is 33.5 Å². The third-order valence-electron chi connectivity index (χ3n) is 5.14. The van der Waals surface area contributed by atoms with E-state index in [4.69, 9.17) is 9.40 Å². The molecule has 0 bridgehead atoms. The van der Waals surface area contributed by atoms with Crippen LogP contribution in [0.25, 0.3) is 22.5 Å². The highest BCUT2D eigenvalue weighted by Gasteiger charge is 2.24. The first-order valence-corrected chi connectivity index (χ1v) is 11.2. The van der Waals surface area contributed by atoms with Gasteiger partial charge in [0.2, 0.25) is 5.89 Å². The Kier molecular flexibility index (Phi) is 5.54. The predicted molar refractivity (Wildman–Crippen MR) is 125 cm³/mol. The maximum absolute atomic E-state index is 12.9. The zero-order chi connectivity index (χ0) is 23.2. The molecule has 4 aromatic rings. The molecule has 4 rings (SSSR count). The normalized spacial score (nSPS) is 11.9. The van der Waals surface area contributed by atoms with Crippen molar-refractivity contribution in [2.75, 3.05) is 0 Å². The summed E-state index contributed by atoms with van der Waals surface area (Å²) in [6.45, 7) is 8.01. The van der Waals surface area contributed by atoms with Gasteiger partial charge in [-0.05, 0) is 19.1 Å². The molecule has 0 radical (unpaired) electrons. The van der Waals surface area contributed by atoms with Crippen molar-refractivity contribution in [3.8, 4) is 11.5 Å². The molecule has 0 saturated heterocycles. The Hall–Kier alpha value is -3.20. The van der Waals surface area contributed by atoms with Crippen LogP contribution in [0.2, 0.25) is 0 Å². The molecule has 0 atom stereocenters. The smallest absolute Gasteiger partial charge is 0.332 e. The number of hydrogen-bond donors (Lipinski definition) is 0. The molecule has 0 fully saturated rings. The van der Waals surface area contributed by atoms with Crippen LogP contribution in [0.4, 0.5) is 0 Å². The lowest BCUT2D eigenvalue weighted by atomic mass is 9.96. The highest BCUT2D eigenvalue weighted by molar-refractivity contribution is 7.98. The minimum atomic E-state index is -0.420. The third-order valence-corrected chi connectivity index (χ3v) is 6.15. The van der Waals surface area contributed by atoms with Crippen LogP contribution in [-0.4, -0.2) is 24.1 Å². The van der Waals surface area contributed by atoms with E-state index in [0.717, 1.165) is 21.4 Å². The quantitative estimate of drug-likeness (QED) is 0.346. The van der Waals surface area contributed by atoms with Crippen LogP contribution >= 0.6 is 11.8 Å². The van der Waals surface area contributed by atoms with Gasteiger partial charge in [-0.25, -0.2) is 19.7 Å². The minimum absolute atomic E-state index is 0.329. The zero-order valence-electron chi connectivity index (χ0n) is 19.0. The lowest BCUT2D eigenvalue weighted by Gasteiger charge is -2.19. The Labute approximate surface area is 189 Å². The Bertz CT molecular complexity index is 1430. The van der Waals surface area contributed by atoms with Crippen molar-refractivity contribution in [1.29, 1.82) is 0 Å². The Morgan fingerprint density at radius 3 is 2.34 bits per heavy atom. The SMILES string of the molecule is Cc1ccc(-c2nc(CSc3nc(C(C)(C)C)nc4c3c(=O)n(C)c(=O)n4C)co2)cc1. The molecule has 0 aliphatic rings. The number of rotatable bonds is 4. The maximum atomic E-state index is 12.9. The molecule has 0 spiro atoms. The van der Waals surface area contributed by atoms with E-state index in [1.54, 1.807) is 13.3 Å². The van der Waals surface area contributed by atoms with Crippen molar-refractivity contribution in [3.63, 3.8) is 0 Å². The molecule has 9 heteroatoms. The molecule has 0 saturated carbocycles. The number of hydrogen-bond acceptors (Lipinski definition) is 7. The summed E-state index contributed by atoms with van der Waals surface area (Å²) < 4.78 is 8.13. The van der Waals surface area contributed by atoms with E-state index in [-0.39, 0.29) is 5.41 Å². The molecule has 3 aromatic heterocycles. The fraction of sp³-hybridized carbons (Fsp3) is 0.348. The molecule has 0 amide bonds. The standard InChI is InChI=1S/C23H25N5O3S/c1-13-7-9-14(10-8-13)18-24-15(11-31-18)12-32-19-16-17(25-21(26-19)23(2,3)4)27(5)22(30)28(6)20(16)29/h7-11H,12H2,1-6H3. The van der Waals surface area contributed by atoms with E-state index in [1.807, 2.05) is 52.0 Å². The predicted octanol–water partition coefficient (Wildman–Crippen LogP) is 3.58. The van der Waals surface area contributed by atoms with E-state index >= 15 is 0 Å². The van der Waals surface area contributed by atoms with Crippen LogP contribution in [0, 0.1) is 6.92 Å². The number of oxazole rings is 1. The summed E-state index contributed by atoms with van der Waals surface area (Å²) in [6.07, 6.45) is 1.62. The summed E-state index contributed by atoms with van der Waals surface area (Å²) in [5.41, 5.74) is 1.95. The van der Waals surface area contributed by atoms with Gasteiger partial charge in [0, 0.05) is 30.8 Å². The molecule has 8 nitrogen and oxygen atoms in total. The van der Waals surface area contributed by atoms with Gasteiger partial charge in [-0.2, -0.15) is 0 Å². The molecule has 166 valence electrons. The van der Waals surface area contributed by atoms with Crippen LogP contribution in [-0.2, 0) is 25.3 Å². The monoisotopic (exact) mass is 451 g/mol. The average molecular weight is 452 g/mol. The number of thioether (sulfide) groups is 1. The maximum Gasteiger partial charge on any atom is 0.332 e. The van der Waals surface area contributed by atoms with Crippen molar-refractivity contribution in [3.05, 3.63) is 68.4 Å². The van der Waals surface area contributed by atoms with Gasteiger partial charge in [0.25, 0.3) is 5.56 Å². The second-order valence-electron chi connectivity index (χ2n) is 8.81. The van der Waals surface area contributed by atoms with Gasteiger partial charge in [0.1, 0.15) is 22.5 Å². The Balaban J connectivity index is 1.75. The van der Waals surface area contributed by atoms with Crippen molar-refractivity contribution >= 4 is 22.8 Å². The number of aryl methyl sites for hydroxylation is 2. The highest BCUT2D eigenvalue weighted by atomic mass is 32.2. The molecular formula is C23H25N5O3S. The van der Waals surface area contributed by atoms with E-state index < -0.39 is 11.2 Å². The van der Waals surface area contributed by atoms with Crippen molar-refractivity contribution in [1.82, 2.24) is 24.1 Å². The van der Waals surface area contributed by atoms with Crippen LogP contribution in [0.3, 0.4) is 0 Å². The largest absolute Gasteiger partial charge is 0.444 e. The lowest BCUT2D eigenvalue weighted by Crippen LogP contribution is -2.38. The molecule has 0 aliphatic heterocycles. The van der Waals surface area contributed by atoms with Gasteiger partial charge in [0.15, 0.2) is 5.65 Å². The van der Waals surface area contributed by atoms with Crippen molar-refractivity contribution in [2.45, 2.75) is 43.9 Å². The molecular weight excluding hydrogens is 426 g/mol. The fourth-order valence-electron chi connectivity index (χ4n) is 3.21. The molecule has 32 heavy (non-hydrogen) atoms. The molecule has 0 N–H and O–H groups in total. The second kappa shape index (κ2) is 8.05. The number of fused-ring (bicyclic) bond motifs is 1. The summed E-state index contributed by atoms with van der Waals surface area (Å²) in [6, 6.07) is 7.95. The van der Waals surface area contributed by atoms with E-state index in [9.17, 15) is 9.59 Å². The van der Waals surface area contributed by atoms with Crippen LogP contribution in [0.15, 0.2) is 49.6 Å². The van der Waals surface area contributed by atoms with Crippen molar-refractivity contribution < 1.29 is 4.42 Å². The summed E-state index contributed by atoms with van der Waals surface area (Å²) in [7, 11) is 3.07. The average Bonchev–Trinajstić information content (AvgIpc) is 3.23. The van der Waals surface area contributed by atoms with E-state index in [2.05, 4.69) is 9.97 Å². The summed E-state index contributed by atoms with van der Waals surface area (Å²) in [5.74, 6) is 1.56. The summed E-state index contributed by atoms with van der Waals surface area (Å²) >= 11 is 1.38. The third kappa shape index (κ3) is 4.00. The molecule has 0 unspecified atom stereocenters. The Morgan fingerprint density at radius 1 is 1.00 bits per heavy atom. The second-order valence-corrected chi connectivity index (χ2v) is 9.77. The topological polar surface area (TPSA) is 95.8 Å². The van der Waals surface area contributed by atoms with Crippen LogP contribution in [0.5, 0.6) is 0 Å². The molecule has 1 aromatic carbocycles. The first-order chi connectivity index (χ1) is 15.1. The Morgan fingerprint density at radius 2 is 1.69 bits per heavy atom. The lowest BCUT2D eigenvalue weighted by molar-refractivity contribution is 0.539. The van der Waals surface area contributed by atoms with Crippen molar-refractivity contribution in [2.24, 2.45) is 14.1 Å². The van der Waals surface area contributed by atoms with Gasteiger partial charge in [-0.3, -0.25) is 13.9 Å². The minimum Gasteiger partial charge on any atom is -0.444 e.